The molecule has 9 heteroatoms. The van der Waals surface area contributed by atoms with Gasteiger partial charge in [-0.05, 0) is 0 Å². The minimum atomic E-state index is -4.84. The number of carboxylic acids is 2. The van der Waals surface area contributed by atoms with Crippen LogP contribution in [0.4, 0.5) is 0 Å². The van der Waals surface area contributed by atoms with Gasteiger partial charge < -0.3 is 10.2 Å². The molecule has 0 spiro atoms. The van der Waals surface area contributed by atoms with Crippen molar-refractivity contribution >= 4 is 52.8 Å². The minimum absolute atomic E-state index is 1.16. The van der Waals surface area contributed by atoms with E-state index in [0.29, 0.717) is 0 Å². The van der Waals surface area contributed by atoms with Crippen molar-refractivity contribution in [3.05, 3.63) is 29.8 Å². The van der Waals surface area contributed by atoms with Crippen LogP contribution in [0.25, 0.3) is 0 Å². The average molecular weight is 439 g/mol. The van der Waals surface area contributed by atoms with Crippen LogP contribution in [0.2, 0.25) is 0 Å². The predicted octanol–water partition coefficient (Wildman–Crippen LogP) is 2.97. The summed E-state index contributed by atoms with van der Waals surface area (Å²) in [5.41, 5.74) is 1.60. The molecule has 0 fully saturated rings. The molecule has 1 aromatic rings. The fourth-order valence-corrected chi connectivity index (χ4v) is 4.04. The summed E-state index contributed by atoms with van der Waals surface area (Å²) in [5.74, 6) is -3.50. The number of aliphatic carboxylic acids is 2. The Hall–Kier alpha value is -0.930. The second-order valence-corrected chi connectivity index (χ2v) is 9.77. The van der Waals surface area contributed by atoms with Gasteiger partial charge in [-0.25, -0.2) is 0 Å². The van der Waals surface area contributed by atoms with Crippen LogP contribution in [-0.4, -0.2) is 68.3 Å². The van der Waals surface area contributed by atoms with Crippen molar-refractivity contribution < 1.29 is 32.8 Å². The molecule has 7 nitrogen and oxygen atoms in total. The molecule has 0 bridgehead atoms. The second kappa shape index (κ2) is 15.8. The third-order valence-electron chi connectivity index (χ3n) is 4.56. The Balaban J connectivity index is 0.000000578. The second-order valence-electron chi connectivity index (χ2n) is 7.09. The minimum Gasteiger partial charge on any atom is -0.481 e. The van der Waals surface area contributed by atoms with Gasteiger partial charge in [0.2, 0.25) is 0 Å². The first-order valence-corrected chi connectivity index (χ1v) is 12.5. The van der Waals surface area contributed by atoms with E-state index in [4.69, 9.17) is 14.8 Å². The summed E-state index contributed by atoms with van der Waals surface area (Å²) in [6.45, 7) is 2.28. The van der Waals surface area contributed by atoms with Crippen LogP contribution in [0.15, 0.2) is 24.3 Å². The number of hydrogen-bond acceptors (Lipinski definition) is 4. The first-order valence-electron chi connectivity index (χ1n) is 10.0. The van der Waals surface area contributed by atoms with Crippen molar-refractivity contribution in [2.75, 3.05) is 0 Å². The number of rotatable bonds is 13. The van der Waals surface area contributed by atoms with Gasteiger partial charge in [0.15, 0.2) is 5.25 Å². The van der Waals surface area contributed by atoms with E-state index in [1.54, 1.807) is 8.38 Å². The van der Waals surface area contributed by atoms with Crippen LogP contribution >= 0.6 is 0 Å². The molecule has 1 unspecified atom stereocenters. The standard InChI is InChI=1S/C16H25.C4H6O7S.Na/c1-2-3-4-5-6-7-8-10-13-16-14-11-9-12-15-16;5-3(6)1-2(4(7)8)12(9,10)11;/h9,11-12,14H,2-8,10,13H2,1H3;2H,1H2,(H,5,6)(H,7,8)(H,9,10,11);. The Labute approximate surface area is 191 Å². The van der Waals surface area contributed by atoms with E-state index >= 15 is 0 Å². The van der Waals surface area contributed by atoms with Gasteiger partial charge in [0.05, 0.1) is 6.42 Å². The van der Waals surface area contributed by atoms with Crippen LogP contribution in [0, 0.1) is 0 Å². The molecule has 160 valence electrons. The molecule has 0 amide bonds. The zero-order valence-electron chi connectivity index (χ0n) is 17.3. The fourth-order valence-electron chi connectivity index (χ4n) is 2.82. The summed E-state index contributed by atoms with van der Waals surface area (Å²) in [4.78, 5) is 20.0. The van der Waals surface area contributed by atoms with Crippen LogP contribution in [0.1, 0.15) is 70.3 Å². The summed E-state index contributed by atoms with van der Waals surface area (Å²) in [5, 5.41) is 13.9. The van der Waals surface area contributed by atoms with Gasteiger partial charge in [0.25, 0.3) is 10.1 Å². The molecule has 1 atom stereocenters. The van der Waals surface area contributed by atoms with Gasteiger partial charge in [0, 0.05) is 0 Å². The Bertz CT molecular complexity index is 719. The molecule has 3 N–H and O–H groups in total. The molecule has 1 rings (SSSR count). The molecular formula is C20H31NaO7S. The molecule has 1 aromatic carbocycles. The van der Waals surface area contributed by atoms with E-state index < -0.39 is 33.7 Å². The predicted molar refractivity (Wildman–Crippen MR) is 113 cm³/mol. The van der Waals surface area contributed by atoms with Gasteiger partial charge >= 0.3 is 137 Å². The van der Waals surface area contributed by atoms with Gasteiger partial charge in [-0.2, -0.15) is 8.42 Å². The van der Waals surface area contributed by atoms with E-state index in [9.17, 15) is 18.0 Å². The van der Waals surface area contributed by atoms with Crippen molar-refractivity contribution in [3.63, 3.8) is 0 Å². The number of hydrogen-bond donors (Lipinski definition) is 3. The summed E-state index contributed by atoms with van der Waals surface area (Å²) in [6, 6.07) is 8.94. The number of carboxylic acid groups (broad SMARTS) is 2. The summed E-state index contributed by atoms with van der Waals surface area (Å²) in [7, 11) is -4.84. The normalized spacial score (nSPS) is 12.0. The van der Waals surface area contributed by atoms with Crippen LogP contribution in [0.5, 0.6) is 0 Å². The topological polar surface area (TPSA) is 129 Å². The molecule has 0 radical (unpaired) electrons. The fraction of sp³-hybridized carbons (Fsp3) is 0.600. The van der Waals surface area contributed by atoms with Crippen molar-refractivity contribution in [2.24, 2.45) is 0 Å². The van der Waals surface area contributed by atoms with E-state index in [0.717, 1.165) is 0 Å². The molecular weight excluding hydrogens is 407 g/mol. The average Bonchev–Trinajstić information content (AvgIpc) is 2.62. The van der Waals surface area contributed by atoms with Crippen LogP contribution < -0.4 is 2.81 Å². The zero-order valence-corrected chi connectivity index (χ0v) is 20.2. The quantitative estimate of drug-likeness (QED) is 0.245. The molecule has 0 aliphatic carbocycles. The van der Waals surface area contributed by atoms with Gasteiger partial charge in [0.1, 0.15) is 0 Å². The Morgan fingerprint density at radius 3 is 1.90 bits per heavy atom. The van der Waals surface area contributed by atoms with Crippen molar-refractivity contribution in [3.8, 4) is 0 Å². The first-order chi connectivity index (χ1) is 13.6. The molecule has 0 saturated carbocycles. The third kappa shape index (κ3) is 14.7. The Kier molecular flexibility index (Phi) is 15.3. The van der Waals surface area contributed by atoms with Crippen molar-refractivity contribution in [1.82, 2.24) is 0 Å². The maximum absolute atomic E-state index is 10.2. The van der Waals surface area contributed by atoms with Crippen LogP contribution in [-0.2, 0) is 26.1 Å². The zero-order chi connectivity index (χ0) is 22.3. The molecule has 0 aliphatic rings. The SMILES string of the molecule is CCCCCCCCCCc1cccc[c]1[Na].O=C(O)CC(C(=O)O)S(=O)(=O)O. The molecule has 0 heterocycles. The maximum atomic E-state index is 10.2. The molecule has 29 heavy (non-hydrogen) atoms. The Morgan fingerprint density at radius 1 is 0.966 bits per heavy atom. The van der Waals surface area contributed by atoms with Gasteiger partial charge in [-0.3, -0.25) is 14.1 Å². The smallest absolute Gasteiger partial charge is 0.325 e. The van der Waals surface area contributed by atoms with E-state index in [1.165, 1.54) is 85.7 Å². The summed E-state index contributed by atoms with van der Waals surface area (Å²) < 4.78 is 30.3. The van der Waals surface area contributed by atoms with Crippen molar-refractivity contribution in [2.45, 2.75) is 76.4 Å². The Morgan fingerprint density at radius 2 is 1.48 bits per heavy atom. The van der Waals surface area contributed by atoms with Crippen molar-refractivity contribution in [1.29, 1.82) is 0 Å². The van der Waals surface area contributed by atoms with Gasteiger partial charge in [-0.15, -0.1) is 0 Å². The summed E-state index contributed by atoms with van der Waals surface area (Å²) in [6.07, 6.45) is 11.5. The van der Waals surface area contributed by atoms with E-state index in [2.05, 4.69) is 31.2 Å². The number of aryl methyl sites for hydroxylation is 1. The monoisotopic (exact) mass is 438 g/mol. The largest absolute Gasteiger partial charge is 0.481 e. The van der Waals surface area contributed by atoms with E-state index in [1.807, 2.05) is 0 Å². The van der Waals surface area contributed by atoms with Gasteiger partial charge in [-0.1, -0.05) is 0 Å². The maximum Gasteiger partial charge on any atom is 0.325 e. The molecule has 0 saturated heterocycles. The first kappa shape index (κ1) is 28.1. The number of unbranched alkanes of at least 4 members (excludes halogenated alkanes) is 7. The molecule has 0 aromatic heterocycles. The number of carbonyl (C=O) groups is 2. The molecule has 0 aliphatic heterocycles. The van der Waals surface area contributed by atoms with Crippen LogP contribution in [0.3, 0.4) is 0 Å². The summed E-state index contributed by atoms with van der Waals surface area (Å²) >= 11 is 1.20. The van der Waals surface area contributed by atoms with E-state index in [-0.39, 0.29) is 0 Å². The third-order valence-corrected chi connectivity index (χ3v) is 6.62. The number of benzene rings is 1.